The molecule has 0 aliphatic heterocycles. The summed E-state index contributed by atoms with van der Waals surface area (Å²) in [4.78, 5) is 5.54. The monoisotopic (exact) mass is 328 g/mol. The van der Waals surface area contributed by atoms with Crippen LogP contribution in [0.2, 0.25) is 0 Å². The molecule has 0 radical (unpaired) electrons. The molecule has 1 unspecified atom stereocenters. The van der Waals surface area contributed by atoms with Gasteiger partial charge in [0.15, 0.2) is 0 Å². The molecule has 0 aliphatic carbocycles. The van der Waals surface area contributed by atoms with Crippen LogP contribution in [0.5, 0.6) is 0 Å². The summed E-state index contributed by atoms with van der Waals surface area (Å²) in [5.41, 5.74) is 1.52. The molecule has 1 aromatic heterocycles. The highest BCUT2D eigenvalue weighted by Crippen LogP contribution is 2.29. The summed E-state index contributed by atoms with van der Waals surface area (Å²) in [5.74, 6) is -0.255. The van der Waals surface area contributed by atoms with Crippen LogP contribution in [-0.4, -0.2) is 4.98 Å². The predicted molar refractivity (Wildman–Crippen MR) is 77.7 cm³/mol. The van der Waals surface area contributed by atoms with Gasteiger partial charge >= 0.3 is 0 Å². The Hall–Kier alpha value is -0.940. The fourth-order valence-electron chi connectivity index (χ4n) is 1.85. The quantitative estimate of drug-likeness (QED) is 0.872. The molecule has 1 heterocycles. The Labute approximate surface area is 118 Å². The molecule has 2 nitrogen and oxygen atoms in total. The average Bonchev–Trinajstić information content (AvgIpc) is 2.62. The summed E-state index contributed by atoms with van der Waals surface area (Å²) in [6.07, 6.45) is 0. The Balaban J connectivity index is 2.21. The molecule has 1 N–H and O–H groups in total. The smallest absolute Gasteiger partial charge is 0.147 e. The number of nitrogens with zero attached hydrogens (tertiary/aromatic N) is 1. The Bertz CT molecular complexity index is 568. The van der Waals surface area contributed by atoms with Crippen molar-refractivity contribution >= 4 is 33.0 Å². The molecule has 18 heavy (non-hydrogen) atoms. The van der Waals surface area contributed by atoms with Gasteiger partial charge in [-0.2, -0.15) is 0 Å². The van der Waals surface area contributed by atoms with Crippen LogP contribution in [0.4, 0.5) is 10.1 Å². The normalized spacial score (nSPS) is 12.5. The van der Waals surface area contributed by atoms with E-state index < -0.39 is 0 Å². The molecule has 5 heteroatoms. The van der Waals surface area contributed by atoms with Gasteiger partial charge in [0.2, 0.25) is 0 Å². The Morgan fingerprint density at radius 2 is 2.11 bits per heavy atom. The van der Waals surface area contributed by atoms with E-state index in [1.165, 1.54) is 6.07 Å². The molecule has 0 spiro atoms. The maximum absolute atomic E-state index is 13.7. The van der Waals surface area contributed by atoms with Crippen molar-refractivity contribution in [2.75, 3.05) is 5.32 Å². The fraction of sp³-hybridized carbons (Fsp3) is 0.308. The Morgan fingerprint density at radius 1 is 1.39 bits per heavy atom. The molecule has 0 saturated carbocycles. The minimum absolute atomic E-state index is 0.0480. The van der Waals surface area contributed by atoms with Crippen LogP contribution < -0.4 is 5.32 Å². The topological polar surface area (TPSA) is 24.9 Å². The number of aromatic nitrogens is 1. The first-order chi connectivity index (χ1) is 8.47. The van der Waals surface area contributed by atoms with E-state index in [2.05, 4.69) is 26.2 Å². The minimum Gasteiger partial charge on any atom is -0.375 e. The summed E-state index contributed by atoms with van der Waals surface area (Å²) in [6.45, 7) is 5.98. The van der Waals surface area contributed by atoms with Crippen LogP contribution in [-0.2, 0) is 0 Å². The molecule has 0 bridgehead atoms. The van der Waals surface area contributed by atoms with Gasteiger partial charge < -0.3 is 5.32 Å². The van der Waals surface area contributed by atoms with E-state index in [1.807, 2.05) is 26.8 Å². The highest BCUT2D eigenvalue weighted by atomic mass is 79.9. The number of hydrogen-bond donors (Lipinski definition) is 1. The van der Waals surface area contributed by atoms with E-state index in [0.29, 0.717) is 5.69 Å². The van der Waals surface area contributed by atoms with Gasteiger partial charge in [-0.05, 0) is 39.0 Å². The zero-order chi connectivity index (χ0) is 13.3. The molecule has 1 aromatic carbocycles. The summed E-state index contributed by atoms with van der Waals surface area (Å²) < 4.78 is 14.5. The first-order valence-electron chi connectivity index (χ1n) is 5.63. The first kappa shape index (κ1) is 13.5. The highest BCUT2D eigenvalue weighted by molar-refractivity contribution is 9.10. The molecule has 2 rings (SSSR count). The van der Waals surface area contributed by atoms with Crippen LogP contribution in [0, 0.1) is 19.7 Å². The zero-order valence-electron chi connectivity index (χ0n) is 10.4. The second-order valence-corrected chi connectivity index (χ2v) is 6.32. The average molecular weight is 329 g/mol. The fourth-order valence-corrected chi connectivity index (χ4v) is 3.12. The maximum Gasteiger partial charge on any atom is 0.147 e. The molecular formula is C13H14BrFN2S. The van der Waals surface area contributed by atoms with E-state index in [9.17, 15) is 4.39 Å². The van der Waals surface area contributed by atoms with Gasteiger partial charge in [0.25, 0.3) is 0 Å². The van der Waals surface area contributed by atoms with Gasteiger partial charge in [0.05, 0.1) is 22.4 Å². The lowest BCUT2D eigenvalue weighted by Crippen LogP contribution is -2.07. The maximum atomic E-state index is 13.7. The molecule has 0 amide bonds. The van der Waals surface area contributed by atoms with E-state index >= 15 is 0 Å². The van der Waals surface area contributed by atoms with Crippen LogP contribution >= 0.6 is 27.3 Å². The van der Waals surface area contributed by atoms with Crippen molar-refractivity contribution in [1.29, 1.82) is 0 Å². The minimum atomic E-state index is -0.255. The van der Waals surface area contributed by atoms with E-state index in [0.717, 1.165) is 20.1 Å². The second-order valence-electron chi connectivity index (χ2n) is 4.17. The van der Waals surface area contributed by atoms with Crippen molar-refractivity contribution in [3.63, 3.8) is 0 Å². The zero-order valence-corrected chi connectivity index (χ0v) is 12.8. The highest BCUT2D eigenvalue weighted by Gasteiger charge is 2.14. The largest absolute Gasteiger partial charge is 0.375 e. The number of thiazole rings is 1. The second kappa shape index (κ2) is 5.36. The van der Waals surface area contributed by atoms with E-state index in [1.54, 1.807) is 17.4 Å². The van der Waals surface area contributed by atoms with Crippen molar-refractivity contribution in [3.05, 3.63) is 44.1 Å². The SMILES string of the molecule is Cc1nc(C)c(C(C)Nc2ccc(Br)cc2F)s1. The van der Waals surface area contributed by atoms with E-state index in [-0.39, 0.29) is 11.9 Å². The number of nitrogens with one attached hydrogen (secondary N) is 1. The van der Waals surface area contributed by atoms with Crippen molar-refractivity contribution in [2.24, 2.45) is 0 Å². The van der Waals surface area contributed by atoms with Crippen LogP contribution in [0.25, 0.3) is 0 Å². The van der Waals surface area contributed by atoms with Crippen molar-refractivity contribution in [1.82, 2.24) is 4.98 Å². The Kier molecular flexibility index (Phi) is 4.02. The third-order valence-electron chi connectivity index (χ3n) is 2.64. The number of rotatable bonds is 3. The standard InChI is InChI=1S/C13H14BrFN2S/c1-7-13(18-9(3)16-7)8(2)17-12-5-4-10(14)6-11(12)15/h4-6,8,17H,1-3H3. The number of halogens is 2. The molecule has 2 aromatic rings. The van der Waals surface area contributed by atoms with Crippen molar-refractivity contribution in [3.8, 4) is 0 Å². The van der Waals surface area contributed by atoms with Gasteiger partial charge in [0, 0.05) is 9.35 Å². The summed E-state index contributed by atoms with van der Waals surface area (Å²) >= 11 is 4.89. The van der Waals surface area contributed by atoms with Crippen molar-refractivity contribution in [2.45, 2.75) is 26.8 Å². The van der Waals surface area contributed by atoms with E-state index in [4.69, 9.17) is 0 Å². The lowest BCUT2D eigenvalue weighted by Gasteiger charge is -2.15. The van der Waals surface area contributed by atoms with Crippen LogP contribution in [0.15, 0.2) is 22.7 Å². The van der Waals surface area contributed by atoms with Gasteiger partial charge in [-0.1, -0.05) is 15.9 Å². The number of benzene rings is 1. The lowest BCUT2D eigenvalue weighted by molar-refractivity contribution is 0.627. The summed E-state index contributed by atoms with van der Waals surface area (Å²) in [7, 11) is 0. The number of hydrogen-bond acceptors (Lipinski definition) is 3. The molecule has 0 saturated heterocycles. The molecule has 0 fully saturated rings. The Morgan fingerprint density at radius 3 is 2.67 bits per heavy atom. The first-order valence-corrected chi connectivity index (χ1v) is 7.24. The number of anilines is 1. The molecule has 1 atom stereocenters. The third kappa shape index (κ3) is 2.90. The molecular weight excluding hydrogens is 315 g/mol. The van der Waals surface area contributed by atoms with Crippen molar-refractivity contribution < 1.29 is 4.39 Å². The van der Waals surface area contributed by atoms with Crippen LogP contribution in [0.3, 0.4) is 0 Å². The van der Waals surface area contributed by atoms with Gasteiger partial charge in [-0.3, -0.25) is 0 Å². The summed E-state index contributed by atoms with van der Waals surface area (Å²) in [5, 5.41) is 4.22. The molecule has 96 valence electrons. The summed E-state index contributed by atoms with van der Waals surface area (Å²) in [6, 6.07) is 5.06. The van der Waals surface area contributed by atoms with Gasteiger partial charge in [-0.25, -0.2) is 9.37 Å². The van der Waals surface area contributed by atoms with Crippen LogP contribution in [0.1, 0.15) is 28.5 Å². The third-order valence-corrected chi connectivity index (χ3v) is 4.38. The predicted octanol–water partition coefficient (Wildman–Crippen LogP) is 4.83. The lowest BCUT2D eigenvalue weighted by atomic mass is 10.2. The van der Waals surface area contributed by atoms with Gasteiger partial charge in [0.1, 0.15) is 5.82 Å². The molecule has 0 aliphatic rings. The van der Waals surface area contributed by atoms with Gasteiger partial charge in [-0.15, -0.1) is 11.3 Å². The number of aryl methyl sites for hydroxylation is 2.